The van der Waals surface area contributed by atoms with Gasteiger partial charge in [-0.1, -0.05) is 18.2 Å². The summed E-state index contributed by atoms with van der Waals surface area (Å²) in [7, 11) is 1.63. The van der Waals surface area contributed by atoms with Gasteiger partial charge in [0.15, 0.2) is 11.4 Å². The number of methoxy groups -OCH3 is 1. The molecule has 1 fully saturated rings. The molecule has 0 aliphatic carbocycles. The van der Waals surface area contributed by atoms with Crippen LogP contribution in [0.4, 0.5) is 0 Å². The highest BCUT2D eigenvalue weighted by molar-refractivity contribution is 6.01. The van der Waals surface area contributed by atoms with E-state index in [2.05, 4.69) is 0 Å². The zero-order valence-corrected chi connectivity index (χ0v) is 10.3. The van der Waals surface area contributed by atoms with Crippen molar-refractivity contribution in [3.05, 3.63) is 35.9 Å². The van der Waals surface area contributed by atoms with Gasteiger partial charge < -0.3 is 9.47 Å². The Morgan fingerprint density at radius 3 is 2.47 bits per heavy atom. The molecule has 3 nitrogen and oxygen atoms in total. The summed E-state index contributed by atoms with van der Waals surface area (Å²) in [4.78, 5) is 11.8. The van der Waals surface area contributed by atoms with Crippen LogP contribution < -0.4 is 4.74 Å². The number of carbonyl (C=O) groups excluding carboxylic acids is 1. The Bertz CT molecular complexity index is 447. The van der Waals surface area contributed by atoms with E-state index in [0.717, 1.165) is 11.3 Å². The number of rotatable bonds is 4. The topological polar surface area (TPSA) is 38.8 Å². The lowest BCUT2D eigenvalue weighted by molar-refractivity contribution is -0.118. The number of carbonyl (C=O) groups is 1. The zero-order valence-electron chi connectivity index (χ0n) is 10.3. The number of epoxide rings is 1. The van der Waals surface area contributed by atoms with Gasteiger partial charge in [-0.05, 0) is 37.6 Å². The molecule has 0 N–H and O–H groups in total. The second kappa shape index (κ2) is 4.34. The number of ether oxygens (including phenoxy) is 2. The lowest BCUT2D eigenvalue weighted by atomic mass is 10.0. The van der Waals surface area contributed by atoms with Gasteiger partial charge in [0.25, 0.3) is 0 Å². The standard InChI is InChI=1S/C14H16O3/c1-10-14(2,17-10)13(15)9-6-11-4-7-12(16-3)8-5-11/h4-10H,1-3H3/t10-,14-/m1/s1. The van der Waals surface area contributed by atoms with E-state index >= 15 is 0 Å². The van der Waals surface area contributed by atoms with Crippen molar-refractivity contribution in [2.45, 2.75) is 25.6 Å². The largest absolute Gasteiger partial charge is 0.497 e. The Labute approximate surface area is 101 Å². The van der Waals surface area contributed by atoms with E-state index in [-0.39, 0.29) is 11.9 Å². The second-order valence-corrected chi connectivity index (χ2v) is 4.34. The van der Waals surface area contributed by atoms with Crippen molar-refractivity contribution in [1.29, 1.82) is 0 Å². The van der Waals surface area contributed by atoms with Crippen LogP contribution in [0.2, 0.25) is 0 Å². The maximum absolute atomic E-state index is 11.8. The van der Waals surface area contributed by atoms with Crippen molar-refractivity contribution in [1.82, 2.24) is 0 Å². The summed E-state index contributed by atoms with van der Waals surface area (Å²) >= 11 is 0. The van der Waals surface area contributed by atoms with Crippen molar-refractivity contribution in [3.63, 3.8) is 0 Å². The SMILES string of the molecule is COc1ccc(C=CC(=O)[C@]2(C)O[C@@H]2C)cc1. The fourth-order valence-electron chi connectivity index (χ4n) is 1.64. The lowest BCUT2D eigenvalue weighted by Crippen LogP contribution is -2.20. The summed E-state index contributed by atoms with van der Waals surface area (Å²) < 4.78 is 10.3. The molecule has 1 aromatic carbocycles. The molecule has 0 spiro atoms. The van der Waals surface area contributed by atoms with Crippen molar-refractivity contribution in [2.24, 2.45) is 0 Å². The van der Waals surface area contributed by atoms with E-state index in [0.29, 0.717) is 0 Å². The second-order valence-electron chi connectivity index (χ2n) is 4.34. The number of hydrogen-bond donors (Lipinski definition) is 0. The van der Waals surface area contributed by atoms with Crippen LogP contribution in [-0.2, 0) is 9.53 Å². The quantitative estimate of drug-likeness (QED) is 0.591. The Morgan fingerprint density at radius 1 is 1.41 bits per heavy atom. The van der Waals surface area contributed by atoms with Gasteiger partial charge in [-0.3, -0.25) is 4.79 Å². The minimum Gasteiger partial charge on any atom is -0.497 e. The molecule has 1 heterocycles. The molecule has 0 bridgehead atoms. The van der Waals surface area contributed by atoms with Gasteiger partial charge in [0.2, 0.25) is 0 Å². The molecular weight excluding hydrogens is 216 g/mol. The Morgan fingerprint density at radius 2 is 2.00 bits per heavy atom. The van der Waals surface area contributed by atoms with Gasteiger partial charge >= 0.3 is 0 Å². The summed E-state index contributed by atoms with van der Waals surface area (Å²) in [5, 5.41) is 0. The third-order valence-corrected chi connectivity index (χ3v) is 3.17. The summed E-state index contributed by atoms with van der Waals surface area (Å²) in [5.74, 6) is 0.820. The van der Waals surface area contributed by atoms with E-state index in [1.54, 1.807) is 19.3 Å². The van der Waals surface area contributed by atoms with Crippen LogP contribution in [0.3, 0.4) is 0 Å². The zero-order chi connectivity index (χ0) is 12.5. The molecule has 3 heteroatoms. The van der Waals surface area contributed by atoms with Crippen molar-refractivity contribution < 1.29 is 14.3 Å². The molecule has 0 saturated carbocycles. The van der Waals surface area contributed by atoms with Crippen LogP contribution in [0.5, 0.6) is 5.75 Å². The monoisotopic (exact) mass is 232 g/mol. The van der Waals surface area contributed by atoms with Gasteiger partial charge in [0.1, 0.15) is 5.75 Å². The number of hydrogen-bond acceptors (Lipinski definition) is 3. The normalized spacial score (nSPS) is 27.1. The summed E-state index contributed by atoms with van der Waals surface area (Å²) in [5.41, 5.74) is 0.360. The van der Waals surface area contributed by atoms with E-state index in [1.807, 2.05) is 38.1 Å². The molecular formula is C14H16O3. The molecule has 0 radical (unpaired) electrons. The summed E-state index contributed by atoms with van der Waals surface area (Å²) in [6, 6.07) is 7.54. The molecule has 1 saturated heterocycles. The maximum Gasteiger partial charge on any atom is 0.189 e. The average Bonchev–Trinajstić information content (AvgIpc) is 2.96. The highest BCUT2D eigenvalue weighted by atomic mass is 16.6. The van der Waals surface area contributed by atoms with Crippen LogP contribution in [-0.4, -0.2) is 24.6 Å². The molecule has 17 heavy (non-hydrogen) atoms. The first kappa shape index (κ1) is 11.9. The van der Waals surface area contributed by atoms with Gasteiger partial charge in [0.05, 0.1) is 13.2 Å². The van der Waals surface area contributed by atoms with Crippen LogP contribution in [0.1, 0.15) is 19.4 Å². The summed E-state index contributed by atoms with van der Waals surface area (Å²) in [6.45, 7) is 3.72. The minimum absolute atomic E-state index is 0.0146. The highest BCUT2D eigenvalue weighted by Gasteiger charge is 2.54. The molecule has 0 unspecified atom stereocenters. The first-order chi connectivity index (χ1) is 8.06. The Hall–Kier alpha value is -1.61. The Balaban J connectivity index is 2.02. The first-order valence-corrected chi connectivity index (χ1v) is 5.60. The molecule has 2 rings (SSSR count). The van der Waals surface area contributed by atoms with Crippen LogP contribution in [0, 0.1) is 0 Å². The molecule has 0 amide bonds. The third-order valence-electron chi connectivity index (χ3n) is 3.17. The van der Waals surface area contributed by atoms with Crippen molar-refractivity contribution >= 4 is 11.9 Å². The molecule has 0 aromatic heterocycles. The molecule has 1 aliphatic rings. The Kier molecular flexibility index (Phi) is 3.03. The molecule has 1 aromatic rings. The maximum atomic E-state index is 11.8. The van der Waals surface area contributed by atoms with Crippen LogP contribution in [0.25, 0.3) is 6.08 Å². The fraction of sp³-hybridized carbons (Fsp3) is 0.357. The van der Waals surface area contributed by atoms with Crippen LogP contribution in [0.15, 0.2) is 30.3 Å². The lowest BCUT2D eigenvalue weighted by Gasteiger charge is -2.00. The molecule has 2 atom stereocenters. The van der Waals surface area contributed by atoms with Gasteiger partial charge in [-0.2, -0.15) is 0 Å². The predicted octanol–water partition coefficient (Wildman–Crippen LogP) is 2.45. The van der Waals surface area contributed by atoms with Crippen molar-refractivity contribution in [2.75, 3.05) is 7.11 Å². The van der Waals surface area contributed by atoms with Gasteiger partial charge in [0, 0.05) is 0 Å². The van der Waals surface area contributed by atoms with E-state index in [4.69, 9.17) is 9.47 Å². The van der Waals surface area contributed by atoms with E-state index < -0.39 is 5.60 Å². The van der Waals surface area contributed by atoms with E-state index in [1.165, 1.54) is 0 Å². The van der Waals surface area contributed by atoms with Gasteiger partial charge in [-0.15, -0.1) is 0 Å². The molecule has 90 valence electrons. The van der Waals surface area contributed by atoms with Gasteiger partial charge in [-0.25, -0.2) is 0 Å². The number of benzene rings is 1. The minimum atomic E-state index is -0.608. The predicted molar refractivity (Wildman–Crippen MR) is 66.0 cm³/mol. The van der Waals surface area contributed by atoms with E-state index in [9.17, 15) is 4.79 Å². The smallest absolute Gasteiger partial charge is 0.189 e. The molecule has 1 aliphatic heterocycles. The third kappa shape index (κ3) is 2.39. The highest BCUT2D eigenvalue weighted by Crippen LogP contribution is 2.36. The average molecular weight is 232 g/mol. The number of ketones is 1. The van der Waals surface area contributed by atoms with Crippen LogP contribution >= 0.6 is 0 Å². The fourth-order valence-corrected chi connectivity index (χ4v) is 1.64. The summed E-state index contributed by atoms with van der Waals surface area (Å²) in [6.07, 6.45) is 3.39. The van der Waals surface area contributed by atoms with Crippen molar-refractivity contribution in [3.8, 4) is 5.75 Å². The first-order valence-electron chi connectivity index (χ1n) is 5.60.